The molecule has 2 aromatic heterocycles. The highest BCUT2D eigenvalue weighted by Crippen LogP contribution is 2.09. The fourth-order valence-electron chi connectivity index (χ4n) is 1.61. The van der Waals surface area contributed by atoms with E-state index < -0.39 is 11.9 Å². The van der Waals surface area contributed by atoms with Crippen LogP contribution >= 0.6 is 0 Å². The van der Waals surface area contributed by atoms with Gasteiger partial charge in [-0.05, 0) is 12.1 Å². The van der Waals surface area contributed by atoms with E-state index in [1.54, 1.807) is 0 Å². The van der Waals surface area contributed by atoms with Crippen molar-refractivity contribution in [2.75, 3.05) is 6.54 Å². The monoisotopic (exact) mass is 219 g/mol. The zero-order chi connectivity index (χ0) is 11.5. The van der Waals surface area contributed by atoms with Crippen molar-refractivity contribution in [2.45, 2.75) is 6.42 Å². The van der Waals surface area contributed by atoms with Crippen LogP contribution in [-0.4, -0.2) is 27.0 Å². The maximum Gasteiger partial charge on any atom is 0.308 e. The highest BCUT2D eigenvalue weighted by molar-refractivity contribution is 5.70. The summed E-state index contributed by atoms with van der Waals surface area (Å²) < 4.78 is 1.87. The molecular weight excluding hydrogens is 206 g/mol. The Hall–Kier alpha value is -1.88. The Morgan fingerprint density at radius 3 is 3.00 bits per heavy atom. The number of aliphatic carboxylic acids is 1. The van der Waals surface area contributed by atoms with Crippen LogP contribution in [-0.2, 0) is 11.2 Å². The second-order valence-corrected chi connectivity index (χ2v) is 3.67. The lowest BCUT2D eigenvalue weighted by Gasteiger charge is -2.05. The van der Waals surface area contributed by atoms with E-state index in [2.05, 4.69) is 4.98 Å². The van der Waals surface area contributed by atoms with Gasteiger partial charge in [0, 0.05) is 25.4 Å². The highest BCUT2D eigenvalue weighted by atomic mass is 16.4. The molecule has 5 heteroatoms. The van der Waals surface area contributed by atoms with Crippen LogP contribution in [0.15, 0.2) is 30.6 Å². The zero-order valence-electron chi connectivity index (χ0n) is 8.71. The van der Waals surface area contributed by atoms with Crippen LogP contribution in [0.1, 0.15) is 5.69 Å². The quantitative estimate of drug-likeness (QED) is 0.786. The third kappa shape index (κ3) is 2.04. The fraction of sp³-hybridized carbons (Fsp3) is 0.273. The van der Waals surface area contributed by atoms with Gasteiger partial charge in [0.25, 0.3) is 0 Å². The number of nitrogens with zero attached hydrogens (tertiary/aromatic N) is 2. The molecule has 0 radical (unpaired) electrons. The van der Waals surface area contributed by atoms with Gasteiger partial charge in [-0.3, -0.25) is 4.79 Å². The molecule has 0 amide bonds. The maximum absolute atomic E-state index is 10.8. The van der Waals surface area contributed by atoms with Crippen LogP contribution in [0.4, 0.5) is 0 Å². The van der Waals surface area contributed by atoms with E-state index in [1.165, 1.54) is 0 Å². The second-order valence-electron chi connectivity index (χ2n) is 3.67. The van der Waals surface area contributed by atoms with Crippen molar-refractivity contribution in [1.29, 1.82) is 0 Å². The molecule has 5 nitrogen and oxygen atoms in total. The first-order valence-corrected chi connectivity index (χ1v) is 5.06. The van der Waals surface area contributed by atoms with Crippen molar-refractivity contribution < 1.29 is 9.90 Å². The molecule has 0 aromatic carbocycles. The molecule has 0 aliphatic carbocycles. The second kappa shape index (κ2) is 4.32. The highest BCUT2D eigenvalue weighted by Gasteiger charge is 2.17. The number of rotatable bonds is 4. The molecule has 0 fully saturated rings. The normalized spacial score (nSPS) is 12.8. The summed E-state index contributed by atoms with van der Waals surface area (Å²) in [7, 11) is 0. The average molecular weight is 219 g/mol. The van der Waals surface area contributed by atoms with Gasteiger partial charge in [-0.2, -0.15) is 0 Å². The Balaban J connectivity index is 2.24. The van der Waals surface area contributed by atoms with E-state index in [-0.39, 0.29) is 6.54 Å². The molecule has 0 spiro atoms. The summed E-state index contributed by atoms with van der Waals surface area (Å²) >= 11 is 0. The molecule has 0 aliphatic heterocycles. The largest absolute Gasteiger partial charge is 0.481 e. The predicted molar refractivity (Wildman–Crippen MR) is 59.1 cm³/mol. The standard InChI is InChI=1S/C11H13N3O2/c12-6-8(11(15)16)5-9-7-14-4-2-1-3-10(14)13-9/h1-4,7-8H,5-6,12H2,(H,15,16). The number of aromatic nitrogens is 2. The summed E-state index contributed by atoms with van der Waals surface area (Å²) in [4.78, 5) is 15.2. The van der Waals surface area contributed by atoms with Crippen LogP contribution < -0.4 is 5.73 Å². The number of hydrogen-bond donors (Lipinski definition) is 2. The molecule has 2 aromatic rings. The van der Waals surface area contributed by atoms with Gasteiger partial charge in [-0.1, -0.05) is 6.07 Å². The minimum atomic E-state index is -0.875. The number of hydrogen-bond acceptors (Lipinski definition) is 3. The molecule has 1 unspecified atom stereocenters. The van der Waals surface area contributed by atoms with E-state index in [0.29, 0.717) is 6.42 Å². The van der Waals surface area contributed by atoms with Crippen molar-refractivity contribution >= 4 is 11.6 Å². The number of carbonyl (C=O) groups is 1. The Bertz CT molecular complexity index is 474. The lowest BCUT2D eigenvalue weighted by molar-refractivity contribution is -0.141. The summed E-state index contributed by atoms with van der Waals surface area (Å²) in [5.74, 6) is -1.44. The van der Waals surface area contributed by atoms with Gasteiger partial charge in [0.2, 0.25) is 0 Å². The molecular formula is C11H13N3O2. The molecule has 2 rings (SSSR count). The van der Waals surface area contributed by atoms with Crippen molar-refractivity contribution in [3.63, 3.8) is 0 Å². The molecule has 16 heavy (non-hydrogen) atoms. The van der Waals surface area contributed by atoms with Crippen molar-refractivity contribution in [3.05, 3.63) is 36.3 Å². The lowest BCUT2D eigenvalue weighted by atomic mass is 10.0. The molecule has 0 bridgehead atoms. The molecule has 0 saturated carbocycles. The number of pyridine rings is 1. The van der Waals surface area contributed by atoms with Gasteiger partial charge in [-0.25, -0.2) is 4.98 Å². The van der Waals surface area contributed by atoms with E-state index in [0.717, 1.165) is 11.3 Å². The molecule has 2 heterocycles. The number of carboxylic acid groups (broad SMARTS) is 1. The topological polar surface area (TPSA) is 80.6 Å². The zero-order valence-corrected chi connectivity index (χ0v) is 8.71. The van der Waals surface area contributed by atoms with Crippen LogP contribution in [0.5, 0.6) is 0 Å². The van der Waals surface area contributed by atoms with Gasteiger partial charge in [0.05, 0.1) is 11.6 Å². The third-order valence-corrected chi connectivity index (χ3v) is 2.50. The first-order valence-electron chi connectivity index (χ1n) is 5.06. The summed E-state index contributed by atoms with van der Waals surface area (Å²) in [6.45, 7) is 0.128. The summed E-state index contributed by atoms with van der Waals surface area (Å²) in [5.41, 5.74) is 6.97. The summed E-state index contributed by atoms with van der Waals surface area (Å²) in [6, 6.07) is 5.67. The third-order valence-electron chi connectivity index (χ3n) is 2.50. The summed E-state index contributed by atoms with van der Waals surface area (Å²) in [5, 5.41) is 8.89. The Labute approximate surface area is 92.5 Å². The SMILES string of the molecule is NCC(Cc1cn2ccccc2n1)C(=O)O. The Morgan fingerprint density at radius 2 is 2.38 bits per heavy atom. The van der Waals surface area contributed by atoms with Crippen LogP contribution in [0, 0.1) is 5.92 Å². The number of fused-ring (bicyclic) bond motifs is 1. The minimum absolute atomic E-state index is 0.128. The van der Waals surface area contributed by atoms with Gasteiger partial charge >= 0.3 is 5.97 Å². The van der Waals surface area contributed by atoms with Crippen LogP contribution in [0.3, 0.4) is 0 Å². The average Bonchev–Trinajstić information content (AvgIpc) is 2.67. The smallest absolute Gasteiger partial charge is 0.308 e. The van der Waals surface area contributed by atoms with Crippen molar-refractivity contribution in [1.82, 2.24) is 9.38 Å². The van der Waals surface area contributed by atoms with E-state index >= 15 is 0 Å². The van der Waals surface area contributed by atoms with Crippen LogP contribution in [0.25, 0.3) is 5.65 Å². The number of imidazole rings is 1. The van der Waals surface area contributed by atoms with E-state index in [9.17, 15) is 4.79 Å². The minimum Gasteiger partial charge on any atom is -0.481 e. The van der Waals surface area contributed by atoms with E-state index in [4.69, 9.17) is 10.8 Å². The fourth-order valence-corrected chi connectivity index (χ4v) is 1.61. The maximum atomic E-state index is 10.8. The van der Waals surface area contributed by atoms with E-state index in [1.807, 2.05) is 35.0 Å². The Morgan fingerprint density at radius 1 is 1.56 bits per heavy atom. The molecule has 1 atom stereocenters. The number of nitrogens with two attached hydrogens (primary N) is 1. The van der Waals surface area contributed by atoms with Gasteiger partial charge in [0.1, 0.15) is 5.65 Å². The van der Waals surface area contributed by atoms with Crippen molar-refractivity contribution in [2.24, 2.45) is 11.7 Å². The molecule has 84 valence electrons. The van der Waals surface area contributed by atoms with Crippen LogP contribution in [0.2, 0.25) is 0 Å². The number of carboxylic acids is 1. The van der Waals surface area contributed by atoms with Gasteiger partial charge in [-0.15, -0.1) is 0 Å². The molecule has 3 N–H and O–H groups in total. The van der Waals surface area contributed by atoms with Gasteiger partial charge in [0.15, 0.2) is 0 Å². The molecule has 0 aliphatic rings. The Kier molecular flexibility index (Phi) is 2.87. The van der Waals surface area contributed by atoms with Gasteiger partial charge < -0.3 is 15.2 Å². The van der Waals surface area contributed by atoms with Crippen molar-refractivity contribution in [3.8, 4) is 0 Å². The first kappa shape index (κ1) is 10.6. The predicted octanol–water partition coefficient (Wildman–Crippen LogP) is 0.536. The molecule has 0 saturated heterocycles. The lowest BCUT2D eigenvalue weighted by Crippen LogP contribution is -2.25. The first-order chi connectivity index (χ1) is 7.70. The summed E-state index contributed by atoms with van der Waals surface area (Å²) in [6.07, 6.45) is 4.08.